The molecule has 3 nitrogen and oxygen atoms in total. The van der Waals surface area contributed by atoms with Gasteiger partial charge in [-0.05, 0) is 35.4 Å². The molecule has 21 heavy (non-hydrogen) atoms. The summed E-state index contributed by atoms with van der Waals surface area (Å²) >= 11 is 0. The maximum Gasteiger partial charge on any atom is 0.224 e. The Morgan fingerprint density at radius 1 is 1.00 bits per heavy atom. The van der Waals surface area contributed by atoms with Crippen LogP contribution >= 0.6 is 0 Å². The molecule has 0 atom stereocenters. The average Bonchev–Trinajstić information content (AvgIpc) is 2.50. The normalized spacial score (nSPS) is 10.2. The molecule has 0 aliphatic rings. The number of rotatable bonds is 5. The lowest BCUT2D eigenvalue weighted by Crippen LogP contribution is -2.19. The molecule has 1 amide bonds. The number of anilines is 1. The summed E-state index contributed by atoms with van der Waals surface area (Å²) in [6.45, 7) is 0.395. The van der Waals surface area contributed by atoms with Crippen molar-refractivity contribution < 1.29 is 13.6 Å². The maximum atomic E-state index is 13.1. The van der Waals surface area contributed by atoms with Gasteiger partial charge in [-0.15, -0.1) is 0 Å². The van der Waals surface area contributed by atoms with Crippen molar-refractivity contribution in [3.63, 3.8) is 0 Å². The second-order valence-corrected chi connectivity index (χ2v) is 4.65. The third kappa shape index (κ3) is 4.27. The van der Waals surface area contributed by atoms with Crippen molar-refractivity contribution in [2.75, 3.05) is 12.4 Å². The lowest BCUT2D eigenvalue weighted by atomic mass is 10.1. The molecule has 2 aromatic rings. The van der Waals surface area contributed by atoms with E-state index < -0.39 is 11.6 Å². The van der Waals surface area contributed by atoms with Crippen molar-refractivity contribution in [3.8, 4) is 0 Å². The van der Waals surface area contributed by atoms with Gasteiger partial charge in [0.25, 0.3) is 0 Å². The summed E-state index contributed by atoms with van der Waals surface area (Å²) in [7, 11) is 1.60. The Morgan fingerprint density at radius 2 is 1.67 bits per heavy atom. The van der Waals surface area contributed by atoms with Crippen molar-refractivity contribution >= 4 is 11.6 Å². The van der Waals surface area contributed by atoms with Crippen molar-refractivity contribution in [3.05, 3.63) is 65.2 Å². The fraction of sp³-hybridized carbons (Fsp3) is 0.188. The van der Waals surface area contributed by atoms with Crippen molar-refractivity contribution in [2.45, 2.75) is 13.0 Å². The number of carbonyl (C=O) groups is 1. The van der Waals surface area contributed by atoms with Crippen LogP contribution in [0.4, 0.5) is 14.5 Å². The monoisotopic (exact) mass is 290 g/mol. The van der Waals surface area contributed by atoms with E-state index in [9.17, 15) is 13.6 Å². The molecule has 0 saturated carbocycles. The maximum absolute atomic E-state index is 13.1. The molecule has 0 aliphatic heterocycles. The molecule has 5 heteroatoms. The predicted octanol–water partition coefficient (Wildman–Crippen LogP) is 2.87. The zero-order chi connectivity index (χ0) is 15.2. The van der Waals surface area contributed by atoms with E-state index in [4.69, 9.17) is 0 Å². The fourth-order valence-electron chi connectivity index (χ4n) is 1.87. The van der Waals surface area contributed by atoms with E-state index in [1.54, 1.807) is 7.05 Å². The SMILES string of the molecule is CNC(=O)Cc1ccc(NCc2ccc(F)c(F)c2)cc1. The molecular formula is C16H16F2N2O. The average molecular weight is 290 g/mol. The standard InChI is InChI=1S/C16H16F2N2O/c1-19-16(21)9-11-2-5-13(6-3-11)20-10-12-4-7-14(17)15(18)8-12/h2-8,20H,9-10H2,1H3,(H,19,21). The Bertz CT molecular complexity index is 627. The van der Waals surface area contributed by atoms with Gasteiger partial charge >= 0.3 is 0 Å². The van der Waals surface area contributed by atoms with E-state index in [2.05, 4.69) is 10.6 Å². The van der Waals surface area contributed by atoms with Gasteiger partial charge in [0.1, 0.15) is 0 Å². The Kier molecular flexibility index (Phi) is 4.87. The van der Waals surface area contributed by atoms with Crippen molar-refractivity contribution in [2.24, 2.45) is 0 Å². The third-order valence-corrected chi connectivity index (χ3v) is 3.08. The van der Waals surface area contributed by atoms with Crippen LogP contribution in [0.25, 0.3) is 0 Å². The van der Waals surface area contributed by atoms with Crippen molar-refractivity contribution in [1.29, 1.82) is 0 Å². The highest BCUT2D eigenvalue weighted by molar-refractivity contribution is 5.78. The molecule has 0 spiro atoms. The second-order valence-electron chi connectivity index (χ2n) is 4.65. The van der Waals surface area contributed by atoms with Gasteiger partial charge in [-0.1, -0.05) is 18.2 Å². The zero-order valence-corrected chi connectivity index (χ0v) is 11.6. The molecule has 0 heterocycles. The first-order valence-corrected chi connectivity index (χ1v) is 6.56. The number of likely N-dealkylation sites (N-methyl/N-ethyl adjacent to an activating group) is 1. The summed E-state index contributed by atoms with van der Waals surface area (Å²) in [5, 5.41) is 5.68. The van der Waals surface area contributed by atoms with Gasteiger partial charge in [-0.3, -0.25) is 4.79 Å². The van der Waals surface area contributed by atoms with Crippen LogP contribution in [0.15, 0.2) is 42.5 Å². The first-order chi connectivity index (χ1) is 10.1. The summed E-state index contributed by atoms with van der Waals surface area (Å²) in [5.74, 6) is -1.75. The van der Waals surface area contributed by atoms with E-state index in [1.807, 2.05) is 24.3 Å². The Balaban J connectivity index is 1.94. The van der Waals surface area contributed by atoms with Gasteiger partial charge in [-0.2, -0.15) is 0 Å². The first-order valence-electron chi connectivity index (χ1n) is 6.56. The Hall–Kier alpha value is -2.43. The Morgan fingerprint density at radius 3 is 2.29 bits per heavy atom. The summed E-state index contributed by atoms with van der Waals surface area (Å²) in [4.78, 5) is 11.2. The molecule has 0 radical (unpaired) electrons. The zero-order valence-electron chi connectivity index (χ0n) is 11.6. The van der Waals surface area contributed by atoms with Gasteiger partial charge in [0.05, 0.1) is 6.42 Å². The highest BCUT2D eigenvalue weighted by Crippen LogP contribution is 2.13. The molecule has 0 aliphatic carbocycles. The summed E-state index contributed by atoms with van der Waals surface area (Å²) in [6.07, 6.45) is 0.333. The quantitative estimate of drug-likeness (QED) is 0.889. The second kappa shape index (κ2) is 6.83. The number of benzene rings is 2. The number of hydrogen-bond acceptors (Lipinski definition) is 2. The van der Waals surface area contributed by atoms with Gasteiger partial charge in [-0.25, -0.2) is 8.78 Å². The van der Waals surface area contributed by atoms with Crippen LogP contribution in [-0.4, -0.2) is 13.0 Å². The lowest BCUT2D eigenvalue weighted by Gasteiger charge is -2.08. The van der Waals surface area contributed by atoms with Crippen LogP contribution < -0.4 is 10.6 Å². The van der Waals surface area contributed by atoms with E-state index in [1.165, 1.54) is 12.1 Å². The van der Waals surface area contributed by atoms with Gasteiger partial charge in [0, 0.05) is 19.3 Å². The highest BCUT2D eigenvalue weighted by atomic mass is 19.2. The van der Waals surface area contributed by atoms with E-state index in [0.717, 1.165) is 17.3 Å². The minimum Gasteiger partial charge on any atom is -0.381 e. The summed E-state index contributed by atoms with van der Waals surface area (Å²) in [5.41, 5.74) is 2.41. The van der Waals surface area contributed by atoms with Crippen LogP contribution in [0.1, 0.15) is 11.1 Å². The van der Waals surface area contributed by atoms with Crippen molar-refractivity contribution in [1.82, 2.24) is 5.32 Å². The molecule has 2 rings (SSSR count). The molecule has 0 unspecified atom stereocenters. The van der Waals surface area contributed by atoms with E-state index in [-0.39, 0.29) is 5.91 Å². The smallest absolute Gasteiger partial charge is 0.224 e. The van der Waals surface area contributed by atoms with Crippen LogP contribution in [0, 0.1) is 11.6 Å². The molecule has 0 bridgehead atoms. The predicted molar refractivity (Wildman–Crippen MR) is 77.9 cm³/mol. The van der Waals surface area contributed by atoms with Crippen LogP contribution in [-0.2, 0) is 17.8 Å². The topological polar surface area (TPSA) is 41.1 Å². The fourth-order valence-corrected chi connectivity index (χ4v) is 1.87. The third-order valence-electron chi connectivity index (χ3n) is 3.08. The van der Waals surface area contributed by atoms with Crippen LogP contribution in [0.2, 0.25) is 0 Å². The van der Waals surface area contributed by atoms with Gasteiger partial charge in [0.2, 0.25) is 5.91 Å². The number of amides is 1. The van der Waals surface area contributed by atoms with Gasteiger partial charge < -0.3 is 10.6 Å². The van der Waals surface area contributed by atoms with Gasteiger partial charge in [0.15, 0.2) is 11.6 Å². The van der Waals surface area contributed by atoms with Crippen LogP contribution in [0.3, 0.4) is 0 Å². The molecule has 0 saturated heterocycles. The molecule has 110 valence electrons. The lowest BCUT2D eigenvalue weighted by molar-refractivity contribution is -0.119. The van der Waals surface area contributed by atoms with Crippen LogP contribution in [0.5, 0.6) is 0 Å². The summed E-state index contributed by atoms with van der Waals surface area (Å²) in [6, 6.07) is 11.2. The number of halogens is 2. The number of nitrogens with one attached hydrogen (secondary N) is 2. The van der Waals surface area contributed by atoms with E-state index >= 15 is 0 Å². The Labute approximate surface area is 122 Å². The highest BCUT2D eigenvalue weighted by Gasteiger charge is 2.03. The first kappa shape index (κ1) is 15.0. The minimum atomic E-state index is -0.852. The number of carbonyl (C=O) groups excluding carboxylic acids is 1. The molecule has 0 aromatic heterocycles. The molecule has 0 fully saturated rings. The molecule has 2 N–H and O–H groups in total. The van der Waals surface area contributed by atoms with E-state index in [0.29, 0.717) is 18.5 Å². The molecule has 2 aromatic carbocycles. The largest absolute Gasteiger partial charge is 0.381 e. The minimum absolute atomic E-state index is 0.0440. The molecular weight excluding hydrogens is 274 g/mol. The summed E-state index contributed by atoms with van der Waals surface area (Å²) < 4.78 is 25.9. The number of hydrogen-bond donors (Lipinski definition) is 2.